The number of ether oxygens (including phenoxy) is 1. The molecule has 9 heteroatoms. The number of carbonyl (C=O) groups excluding carboxylic acids is 3. The summed E-state index contributed by atoms with van der Waals surface area (Å²) in [5.41, 5.74) is 1.06. The summed E-state index contributed by atoms with van der Waals surface area (Å²) in [5, 5.41) is 8.67. The van der Waals surface area contributed by atoms with Crippen molar-refractivity contribution < 1.29 is 19.1 Å². The number of hydrogen-bond acceptors (Lipinski definition) is 5. The molecule has 2 aliphatic rings. The minimum absolute atomic E-state index is 0.0766. The minimum atomic E-state index is -0.101. The minimum Gasteiger partial charge on any atom is -0.495 e. The summed E-state index contributed by atoms with van der Waals surface area (Å²) in [6.07, 6.45) is 3.65. The molecule has 0 aromatic heterocycles. The van der Waals surface area contributed by atoms with Crippen molar-refractivity contribution in [3.05, 3.63) is 23.2 Å². The lowest BCUT2D eigenvalue weighted by molar-refractivity contribution is -0.131. The second-order valence-corrected chi connectivity index (χ2v) is 8.07. The van der Waals surface area contributed by atoms with Gasteiger partial charge in [-0.15, -0.1) is 0 Å². The second-order valence-electron chi connectivity index (χ2n) is 7.66. The van der Waals surface area contributed by atoms with E-state index in [1.165, 1.54) is 12.1 Å². The van der Waals surface area contributed by atoms with Gasteiger partial charge in [0.1, 0.15) is 11.5 Å². The first-order valence-electron chi connectivity index (χ1n) is 10.1. The molecule has 1 saturated heterocycles. The van der Waals surface area contributed by atoms with Crippen molar-refractivity contribution in [3.8, 4) is 5.75 Å². The van der Waals surface area contributed by atoms with Gasteiger partial charge < -0.3 is 15.0 Å². The van der Waals surface area contributed by atoms with E-state index in [0.717, 1.165) is 12.8 Å². The van der Waals surface area contributed by atoms with Gasteiger partial charge in [-0.3, -0.25) is 14.4 Å². The maximum atomic E-state index is 12.8. The molecular formula is C21H27ClN4O4. The van der Waals surface area contributed by atoms with Crippen LogP contribution < -0.4 is 10.1 Å². The number of hydrogen-bond donors (Lipinski definition) is 1. The Morgan fingerprint density at radius 3 is 2.83 bits per heavy atom. The van der Waals surface area contributed by atoms with Crippen LogP contribution in [0.3, 0.4) is 0 Å². The molecule has 0 bridgehead atoms. The van der Waals surface area contributed by atoms with Gasteiger partial charge in [0.2, 0.25) is 11.8 Å². The maximum absolute atomic E-state index is 12.8. The number of hydrazone groups is 1. The summed E-state index contributed by atoms with van der Waals surface area (Å²) < 4.78 is 5.11. The molecular weight excluding hydrogens is 408 g/mol. The zero-order valence-corrected chi connectivity index (χ0v) is 18.1. The number of piperidine rings is 1. The van der Waals surface area contributed by atoms with Gasteiger partial charge in [0.25, 0.3) is 5.91 Å². The maximum Gasteiger partial charge on any atom is 0.270 e. The summed E-state index contributed by atoms with van der Waals surface area (Å²) in [6.45, 7) is 1.29. The van der Waals surface area contributed by atoms with Crippen molar-refractivity contribution in [3.63, 3.8) is 0 Å². The molecule has 3 rings (SSSR count). The number of halogens is 1. The van der Waals surface area contributed by atoms with Crippen LogP contribution >= 0.6 is 11.6 Å². The Kier molecular flexibility index (Phi) is 7.31. The fraction of sp³-hybridized carbons (Fsp3) is 0.524. The zero-order chi connectivity index (χ0) is 21.7. The third-order valence-electron chi connectivity index (χ3n) is 5.48. The average Bonchev–Trinajstić information content (AvgIpc) is 2.74. The molecule has 162 valence electrons. The van der Waals surface area contributed by atoms with E-state index in [-0.39, 0.29) is 23.6 Å². The van der Waals surface area contributed by atoms with Crippen molar-refractivity contribution in [1.82, 2.24) is 9.91 Å². The van der Waals surface area contributed by atoms with Crippen LogP contribution in [0.25, 0.3) is 0 Å². The summed E-state index contributed by atoms with van der Waals surface area (Å²) in [5.74, 6) is 0.552. The van der Waals surface area contributed by atoms with Gasteiger partial charge in [0.15, 0.2) is 0 Å². The van der Waals surface area contributed by atoms with E-state index in [2.05, 4.69) is 10.4 Å². The number of benzene rings is 1. The van der Waals surface area contributed by atoms with Crippen LogP contribution in [0.15, 0.2) is 23.3 Å². The smallest absolute Gasteiger partial charge is 0.270 e. The third kappa shape index (κ3) is 5.50. The summed E-state index contributed by atoms with van der Waals surface area (Å²) >= 11 is 6.09. The molecule has 1 N–H and O–H groups in total. The van der Waals surface area contributed by atoms with Crippen molar-refractivity contribution in [2.24, 2.45) is 11.0 Å². The van der Waals surface area contributed by atoms with Crippen LogP contribution in [0.2, 0.25) is 5.02 Å². The van der Waals surface area contributed by atoms with E-state index in [1.54, 1.807) is 30.1 Å². The van der Waals surface area contributed by atoms with Crippen molar-refractivity contribution in [2.45, 2.75) is 38.5 Å². The summed E-state index contributed by atoms with van der Waals surface area (Å²) in [6, 6.07) is 5.11. The molecule has 0 spiro atoms. The predicted octanol–water partition coefficient (Wildman–Crippen LogP) is 2.91. The summed E-state index contributed by atoms with van der Waals surface area (Å²) in [4.78, 5) is 38.5. The lowest BCUT2D eigenvalue weighted by atomic mass is 9.92. The first-order chi connectivity index (χ1) is 14.4. The van der Waals surface area contributed by atoms with Gasteiger partial charge in [0, 0.05) is 45.1 Å². The highest BCUT2D eigenvalue weighted by atomic mass is 35.5. The molecule has 0 saturated carbocycles. The van der Waals surface area contributed by atoms with Crippen molar-refractivity contribution >= 4 is 40.7 Å². The number of carbonyl (C=O) groups is 3. The molecule has 0 aliphatic carbocycles. The lowest BCUT2D eigenvalue weighted by Crippen LogP contribution is -2.45. The van der Waals surface area contributed by atoms with Crippen LogP contribution in [0.5, 0.6) is 5.75 Å². The number of amides is 3. The van der Waals surface area contributed by atoms with Gasteiger partial charge >= 0.3 is 0 Å². The van der Waals surface area contributed by atoms with Crippen molar-refractivity contribution in [2.75, 3.05) is 32.6 Å². The Morgan fingerprint density at radius 2 is 2.13 bits per heavy atom. The van der Waals surface area contributed by atoms with E-state index in [4.69, 9.17) is 16.3 Å². The fourth-order valence-corrected chi connectivity index (χ4v) is 4.05. The molecule has 1 aromatic rings. The van der Waals surface area contributed by atoms with Crippen LogP contribution in [-0.2, 0) is 14.4 Å². The van der Waals surface area contributed by atoms with Gasteiger partial charge in [-0.1, -0.05) is 11.6 Å². The normalized spacial score (nSPS) is 19.4. The largest absolute Gasteiger partial charge is 0.495 e. The molecule has 2 aliphatic heterocycles. The predicted molar refractivity (Wildman–Crippen MR) is 115 cm³/mol. The van der Waals surface area contributed by atoms with Crippen LogP contribution in [0, 0.1) is 5.92 Å². The molecule has 30 heavy (non-hydrogen) atoms. The van der Waals surface area contributed by atoms with Crippen LogP contribution in [0.1, 0.15) is 38.5 Å². The fourth-order valence-electron chi connectivity index (χ4n) is 3.79. The van der Waals surface area contributed by atoms with E-state index in [1.807, 2.05) is 0 Å². The quantitative estimate of drug-likeness (QED) is 0.745. The van der Waals surface area contributed by atoms with Gasteiger partial charge in [0.05, 0.1) is 12.1 Å². The van der Waals surface area contributed by atoms with Crippen LogP contribution in [0.4, 0.5) is 5.69 Å². The Balaban J connectivity index is 1.49. The number of nitrogens with one attached hydrogen (secondary N) is 1. The first kappa shape index (κ1) is 22.1. The van der Waals surface area contributed by atoms with E-state index < -0.39 is 0 Å². The Labute approximate surface area is 181 Å². The monoisotopic (exact) mass is 434 g/mol. The first-order valence-corrected chi connectivity index (χ1v) is 10.5. The number of anilines is 1. The van der Waals surface area contributed by atoms with Crippen molar-refractivity contribution in [1.29, 1.82) is 0 Å². The van der Waals surface area contributed by atoms with E-state index in [0.29, 0.717) is 60.9 Å². The standard InChI is InChI=1S/C21H27ClN4O4/c1-25-20(28)10-7-17(24-25)21(29)26-11-3-4-14(13-26)5-9-19(27)23-15-6-8-18(30-2)16(22)12-15/h6,8,12,14H,3-5,7,9-11,13H2,1-2H3,(H,23,27)/t14-/m0/s1. The van der Waals surface area contributed by atoms with Gasteiger partial charge in [-0.2, -0.15) is 5.10 Å². The average molecular weight is 435 g/mol. The Bertz CT molecular complexity index is 857. The summed E-state index contributed by atoms with van der Waals surface area (Å²) in [7, 11) is 3.11. The lowest BCUT2D eigenvalue weighted by Gasteiger charge is -2.33. The van der Waals surface area contributed by atoms with Gasteiger partial charge in [-0.05, 0) is 43.4 Å². The molecule has 1 aromatic carbocycles. The molecule has 8 nitrogen and oxygen atoms in total. The molecule has 2 heterocycles. The van der Waals surface area contributed by atoms with Gasteiger partial charge in [-0.25, -0.2) is 5.01 Å². The molecule has 0 unspecified atom stereocenters. The number of nitrogens with zero attached hydrogens (tertiary/aromatic N) is 3. The topological polar surface area (TPSA) is 91.3 Å². The Hall–Kier alpha value is -2.61. The second kappa shape index (κ2) is 9.93. The molecule has 1 fully saturated rings. The third-order valence-corrected chi connectivity index (χ3v) is 5.77. The van der Waals surface area contributed by atoms with E-state index in [9.17, 15) is 14.4 Å². The Morgan fingerprint density at radius 1 is 1.33 bits per heavy atom. The highest BCUT2D eigenvalue weighted by Gasteiger charge is 2.29. The SMILES string of the molecule is COc1ccc(NC(=O)CC[C@@H]2CCCN(C(=O)C3=NN(C)C(=O)CC3)C2)cc1Cl. The molecule has 0 radical (unpaired) electrons. The van der Waals surface area contributed by atoms with E-state index >= 15 is 0 Å². The van der Waals surface area contributed by atoms with Crippen LogP contribution in [-0.4, -0.2) is 60.6 Å². The number of likely N-dealkylation sites (tertiary alicyclic amines) is 1. The zero-order valence-electron chi connectivity index (χ0n) is 17.3. The molecule has 3 amide bonds. The highest BCUT2D eigenvalue weighted by Crippen LogP contribution is 2.28. The number of methoxy groups -OCH3 is 1. The number of rotatable bonds is 6. The molecule has 1 atom stereocenters. The highest BCUT2D eigenvalue weighted by molar-refractivity contribution is 6.39.